The smallest absolute Gasteiger partial charge is 0.244 e. The summed E-state index contributed by atoms with van der Waals surface area (Å²) in [4.78, 5) is -0.184. The summed E-state index contributed by atoms with van der Waals surface area (Å²) in [6, 6.07) is 3.81. The standard InChI is InChI=1S/C13H19FN2O3S/c1-16(8-10-4-3-7-19-9-10)20(17,18)12-6-2-5-11(14)13(12)15/h2,5-6,10H,3-4,7-9,15H2,1H3. The molecule has 5 nitrogen and oxygen atoms in total. The molecule has 0 spiro atoms. The van der Waals surface area contributed by atoms with Gasteiger partial charge in [0.15, 0.2) is 0 Å². The molecule has 0 aromatic heterocycles. The van der Waals surface area contributed by atoms with E-state index in [9.17, 15) is 12.8 Å². The molecule has 1 heterocycles. The highest BCUT2D eigenvalue weighted by molar-refractivity contribution is 7.89. The van der Waals surface area contributed by atoms with E-state index in [1.54, 1.807) is 0 Å². The van der Waals surface area contributed by atoms with Crippen molar-refractivity contribution in [3.63, 3.8) is 0 Å². The summed E-state index contributed by atoms with van der Waals surface area (Å²) in [7, 11) is -2.30. The lowest BCUT2D eigenvalue weighted by molar-refractivity contribution is 0.0495. The third-order valence-electron chi connectivity index (χ3n) is 3.47. The van der Waals surface area contributed by atoms with Gasteiger partial charge in [0.05, 0.1) is 12.3 Å². The number of nitrogens with two attached hydrogens (primary N) is 1. The van der Waals surface area contributed by atoms with Gasteiger partial charge in [-0.15, -0.1) is 0 Å². The molecule has 1 aromatic carbocycles. The number of para-hydroxylation sites is 1. The molecular weight excluding hydrogens is 283 g/mol. The summed E-state index contributed by atoms with van der Waals surface area (Å²) >= 11 is 0. The number of halogens is 1. The minimum absolute atomic E-state index is 0.165. The average molecular weight is 302 g/mol. The van der Waals surface area contributed by atoms with Crippen LogP contribution in [0.4, 0.5) is 10.1 Å². The van der Waals surface area contributed by atoms with Crippen molar-refractivity contribution in [3.8, 4) is 0 Å². The van der Waals surface area contributed by atoms with Crippen LogP contribution >= 0.6 is 0 Å². The third-order valence-corrected chi connectivity index (χ3v) is 5.35. The number of nitrogens with zero attached hydrogens (tertiary/aromatic N) is 1. The first-order chi connectivity index (χ1) is 9.43. The number of nitrogen functional groups attached to an aromatic ring is 1. The van der Waals surface area contributed by atoms with Crippen LogP contribution in [0, 0.1) is 11.7 Å². The van der Waals surface area contributed by atoms with Crippen molar-refractivity contribution in [2.45, 2.75) is 17.7 Å². The molecule has 1 saturated heterocycles. The second kappa shape index (κ2) is 6.07. The largest absolute Gasteiger partial charge is 0.395 e. The second-order valence-corrected chi connectivity index (χ2v) is 7.03. The van der Waals surface area contributed by atoms with Crippen LogP contribution in [0.3, 0.4) is 0 Å². The fourth-order valence-corrected chi connectivity index (χ4v) is 3.69. The van der Waals surface area contributed by atoms with Gasteiger partial charge in [0.1, 0.15) is 10.7 Å². The highest BCUT2D eigenvalue weighted by Gasteiger charge is 2.27. The van der Waals surface area contributed by atoms with Crippen LogP contribution in [0.25, 0.3) is 0 Å². The normalized spacial score (nSPS) is 20.2. The monoisotopic (exact) mass is 302 g/mol. The van der Waals surface area contributed by atoms with E-state index in [1.807, 2.05) is 0 Å². The average Bonchev–Trinajstić information content (AvgIpc) is 2.42. The van der Waals surface area contributed by atoms with Crippen LogP contribution < -0.4 is 5.73 Å². The lowest BCUT2D eigenvalue weighted by atomic mass is 10.0. The maximum Gasteiger partial charge on any atom is 0.244 e. The Morgan fingerprint density at radius 2 is 2.25 bits per heavy atom. The Kier molecular flexibility index (Phi) is 4.62. The molecule has 1 aliphatic heterocycles. The first kappa shape index (κ1) is 15.2. The van der Waals surface area contributed by atoms with Crippen molar-refractivity contribution in [1.82, 2.24) is 4.31 Å². The highest BCUT2D eigenvalue weighted by Crippen LogP contribution is 2.25. The number of benzene rings is 1. The molecule has 0 amide bonds. The molecule has 1 atom stereocenters. The number of hydrogen-bond donors (Lipinski definition) is 1. The Morgan fingerprint density at radius 1 is 1.50 bits per heavy atom. The van der Waals surface area contributed by atoms with E-state index in [0.717, 1.165) is 25.5 Å². The van der Waals surface area contributed by atoms with E-state index in [2.05, 4.69) is 0 Å². The summed E-state index contributed by atoms with van der Waals surface area (Å²) in [5, 5.41) is 0. The zero-order valence-corrected chi connectivity index (χ0v) is 12.2. The lowest BCUT2D eigenvalue weighted by Crippen LogP contribution is -2.35. The van der Waals surface area contributed by atoms with Crippen molar-refractivity contribution in [2.75, 3.05) is 32.5 Å². The minimum atomic E-state index is -3.78. The van der Waals surface area contributed by atoms with Gasteiger partial charge in [-0.05, 0) is 30.9 Å². The first-order valence-electron chi connectivity index (χ1n) is 6.51. The molecule has 1 aromatic rings. The quantitative estimate of drug-likeness (QED) is 0.855. The Hall–Kier alpha value is -1.18. The summed E-state index contributed by atoms with van der Waals surface area (Å²) < 4.78 is 44.8. The van der Waals surface area contributed by atoms with Crippen LogP contribution in [0.1, 0.15) is 12.8 Å². The molecule has 0 aliphatic carbocycles. The topological polar surface area (TPSA) is 72.6 Å². The maximum atomic E-state index is 13.4. The molecule has 1 unspecified atom stereocenters. The molecule has 1 aliphatic rings. The van der Waals surface area contributed by atoms with Crippen molar-refractivity contribution < 1.29 is 17.5 Å². The molecule has 1 fully saturated rings. The van der Waals surface area contributed by atoms with E-state index >= 15 is 0 Å². The Balaban J connectivity index is 2.18. The summed E-state index contributed by atoms with van der Waals surface area (Å²) in [6.07, 6.45) is 1.86. The van der Waals surface area contributed by atoms with E-state index in [0.29, 0.717) is 13.2 Å². The van der Waals surface area contributed by atoms with Gasteiger partial charge in [-0.25, -0.2) is 17.1 Å². The van der Waals surface area contributed by atoms with Gasteiger partial charge < -0.3 is 10.5 Å². The summed E-state index contributed by atoms with van der Waals surface area (Å²) in [5.41, 5.74) is 5.20. The van der Waals surface area contributed by atoms with Gasteiger partial charge in [-0.3, -0.25) is 0 Å². The van der Waals surface area contributed by atoms with Crippen molar-refractivity contribution in [2.24, 2.45) is 5.92 Å². The number of rotatable bonds is 4. The first-order valence-corrected chi connectivity index (χ1v) is 7.95. The van der Waals surface area contributed by atoms with E-state index in [4.69, 9.17) is 10.5 Å². The van der Waals surface area contributed by atoms with Crippen LogP contribution in [0.2, 0.25) is 0 Å². The Labute approximate surface area is 118 Å². The fourth-order valence-electron chi connectivity index (χ4n) is 2.32. The minimum Gasteiger partial charge on any atom is -0.395 e. The van der Waals surface area contributed by atoms with Gasteiger partial charge in [-0.1, -0.05) is 6.07 Å². The van der Waals surface area contributed by atoms with Gasteiger partial charge in [0, 0.05) is 20.2 Å². The van der Waals surface area contributed by atoms with Gasteiger partial charge in [-0.2, -0.15) is 0 Å². The molecule has 0 saturated carbocycles. The zero-order chi connectivity index (χ0) is 14.8. The molecule has 2 rings (SSSR count). The van der Waals surface area contributed by atoms with Crippen molar-refractivity contribution in [3.05, 3.63) is 24.0 Å². The molecule has 20 heavy (non-hydrogen) atoms. The van der Waals surface area contributed by atoms with Gasteiger partial charge in [0.25, 0.3) is 0 Å². The molecule has 112 valence electrons. The number of ether oxygens (including phenoxy) is 1. The van der Waals surface area contributed by atoms with Crippen LogP contribution in [-0.4, -0.2) is 39.5 Å². The molecule has 7 heteroatoms. The Bertz CT molecular complexity index is 571. The van der Waals surface area contributed by atoms with E-state index in [-0.39, 0.29) is 16.5 Å². The predicted molar refractivity (Wildman–Crippen MR) is 74.2 cm³/mol. The summed E-state index contributed by atoms with van der Waals surface area (Å²) in [5.74, 6) is -0.557. The fraction of sp³-hybridized carbons (Fsp3) is 0.538. The van der Waals surface area contributed by atoms with Gasteiger partial charge in [0.2, 0.25) is 10.0 Å². The predicted octanol–water partition coefficient (Wildman–Crippen LogP) is 1.45. The van der Waals surface area contributed by atoms with Crippen molar-refractivity contribution >= 4 is 15.7 Å². The lowest BCUT2D eigenvalue weighted by Gasteiger charge is -2.27. The molecular formula is C13H19FN2O3S. The van der Waals surface area contributed by atoms with Crippen LogP contribution in [0.5, 0.6) is 0 Å². The highest BCUT2D eigenvalue weighted by atomic mass is 32.2. The van der Waals surface area contributed by atoms with Gasteiger partial charge >= 0.3 is 0 Å². The second-order valence-electron chi connectivity index (χ2n) is 5.02. The third kappa shape index (κ3) is 3.11. The van der Waals surface area contributed by atoms with Crippen LogP contribution in [-0.2, 0) is 14.8 Å². The van der Waals surface area contributed by atoms with E-state index < -0.39 is 15.8 Å². The molecule has 0 bridgehead atoms. The SMILES string of the molecule is CN(CC1CCCOC1)S(=O)(=O)c1cccc(F)c1N. The number of sulfonamides is 1. The molecule has 0 radical (unpaired) electrons. The number of anilines is 1. The summed E-state index contributed by atoms with van der Waals surface area (Å²) in [6.45, 7) is 1.63. The van der Waals surface area contributed by atoms with Crippen molar-refractivity contribution in [1.29, 1.82) is 0 Å². The maximum absolute atomic E-state index is 13.4. The van der Waals surface area contributed by atoms with Crippen LogP contribution in [0.15, 0.2) is 23.1 Å². The number of hydrogen-bond acceptors (Lipinski definition) is 4. The van der Waals surface area contributed by atoms with E-state index in [1.165, 1.54) is 23.5 Å². The zero-order valence-electron chi connectivity index (χ0n) is 11.4. The molecule has 2 N–H and O–H groups in total. The Morgan fingerprint density at radius 3 is 2.90 bits per heavy atom.